The van der Waals surface area contributed by atoms with Crippen LogP contribution in [0.2, 0.25) is 0 Å². The summed E-state index contributed by atoms with van der Waals surface area (Å²) in [5, 5.41) is 14.7. The number of benzene rings is 1. The molecule has 86 valence electrons. The molecule has 5 heteroatoms. The molecule has 4 nitrogen and oxygen atoms in total. The number of nitriles is 1. The average Bonchev–Trinajstić information content (AvgIpc) is 2.78. The highest BCUT2D eigenvalue weighted by molar-refractivity contribution is 7.13. The van der Waals surface area contributed by atoms with Crippen LogP contribution in [0.5, 0.6) is 0 Å². The van der Waals surface area contributed by atoms with E-state index in [1.165, 1.54) is 0 Å². The molecule has 2 aromatic rings. The van der Waals surface area contributed by atoms with Gasteiger partial charge in [0.25, 0.3) is 0 Å². The number of hydrogen-bond acceptors (Lipinski definition) is 5. The van der Waals surface area contributed by atoms with E-state index in [2.05, 4.69) is 16.4 Å². The van der Waals surface area contributed by atoms with Gasteiger partial charge >= 0.3 is 0 Å². The maximum Gasteiger partial charge on any atom is 0.187 e. The zero-order valence-electron chi connectivity index (χ0n) is 9.18. The van der Waals surface area contributed by atoms with Crippen LogP contribution < -0.4 is 11.1 Å². The van der Waals surface area contributed by atoms with Gasteiger partial charge in [-0.25, -0.2) is 4.98 Å². The van der Waals surface area contributed by atoms with E-state index in [0.29, 0.717) is 12.1 Å². The molecule has 3 N–H and O–H groups in total. The van der Waals surface area contributed by atoms with Crippen LogP contribution in [0, 0.1) is 11.3 Å². The van der Waals surface area contributed by atoms with Gasteiger partial charge in [-0.15, -0.1) is 11.3 Å². The monoisotopic (exact) mass is 244 g/mol. The van der Waals surface area contributed by atoms with Gasteiger partial charge in [-0.3, -0.25) is 0 Å². The molecule has 0 fully saturated rings. The first-order valence-corrected chi connectivity index (χ1v) is 6.11. The van der Waals surface area contributed by atoms with Crippen LogP contribution in [0.4, 0.5) is 10.8 Å². The summed E-state index contributed by atoms with van der Waals surface area (Å²) < 4.78 is 0. The molecule has 0 aliphatic carbocycles. The van der Waals surface area contributed by atoms with Gasteiger partial charge in [0.05, 0.1) is 17.3 Å². The van der Waals surface area contributed by atoms with Gasteiger partial charge < -0.3 is 11.1 Å². The largest absolute Gasteiger partial charge is 0.332 e. The third-order valence-corrected chi connectivity index (χ3v) is 3.02. The molecule has 0 radical (unpaired) electrons. The van der Waals surface area contributed by atoms with E-state index in [-0.39, 0.29) is 0 Å². The van der Waals surface area contributed by atoms with Crippen LogP contribution in [0.3, 0.4) is 0 Å². The summed E-state index contributed by atoms with van der Waals surface area (Å²) in [7, 11) is 0. The molecular formula is C12H12N4S. The Hall–Kier alpha value is -1.90. The summed E-state index contributed by atoms with van der Waals surface area (Å²) >= 11 is 1.55. The molecule has 0 bridgehead atoms. The number of anilines is 2. The van der Waals surface area contributed by atoms with Gasteiger partial charge in [0.15, 0.2) is 5.13 Å². The molecule has 0 spiro atoms. The van der Waals surface area contributed by atoms with Crippen molar-refractivity contribution in [3.63, 3.8) is 0 Å². The lowest BCUT2D eigenvalue weighted by Gasteiger charge is -2.01. The lowest BCUT2D eigenvalue weighted by molar-refractivity contribution is 0.936. The molecule has 0 atom stereocenters. The van der Waals surface area contributed by atoms with Gasteiger partial charge in [-0.1, -0.05) is 0 Å². The summed E-state index contributed by atoms with van der Waals surface area (Å²) in [6.07, 6.45) is 0.797. The fourth-order valence-electron chi connectivity index (χ4n) is 1.38. The Morgan fingerprint density at radius 3 is 2.76 bits per heavy atom. The molecule has 0 unspecified atom stereocenters. The second-order valence-electron chi connectivity index (χ2n) is 3.50. The summed E-state index contributed by atoms with van der Waals surface area (Å²) in [6, 6.07) is 9.36. The predicted octanol–water partition coefficient (Wildman–Crippen LogP) is 2.26. The minimum absolute atomic E-state index is 0.611. The number of nitrogens with zero attached hydrogens (tertiary/aromatic N) is 2. The molecule has 1 heterocycles. The first kappa shape index (κ1) is 11.6. The minimum atomic E-state index is 0.611. The second-order valence-corrected chi connectivity index (χ2v) is 4.35. The molecular weight excluding hydrogens is 232 g/mol. The molecule has 0 amide bonds. The van der Waals surface area contributed by atoms with Crippen LogP contribution in [-0.4, -0.2) is 11.5 Å². The number of nitrogens with one attached hydrogen (secondary N) is 1. The van der Waals surface area contributed by atoms with E-state index >= 15 is 0 Å². The summed E-state index contributed by atoms with van der Waals surface area (Å²) in [5.74, 6) is 0. The van der Waals surface area contributed by atoms with E-state index in [4.69, 9.17) is 11.0 Å². The third-order valence-electron chi connectivity index (χ3n) is 2.22. The number of thiazole rings is 1. The standard InChI is InChI=1S/C12H12N4S/c13-6-5-11-8-17-12(16-11)15-10-3-1-9(7-14)2-4-10/h1-4,8H,5-6,13H2,(H,15,16). The third kappa shape index (κ3) is 3.03. The number of aromatic nitrogens is 1. The Labute approximate surface area is 104 Å². The Morgan fingerprint density at radius 1 is 1.35 bits per heavy atom. The van der Waals surface area contributed by atoms with E-state index in [9.17, 15) is 0 Å². The van der Waals surface area contributed by atoms with E-state index in [1.807, 2.05) is 17.5 Å². The first-order valence-electron chi connectivity index (χ1n) is 5.23. The lowest BCUT2D eigenvalue weighted by Crippen LogP contribution is -2.02. The molecule has 1 aromatic heterocycles. The normalized spacial score (nSPS) is 9.88. The van der Waals surface area contributed by atoms with Crippen LogP contribution in [0.1, 0.15) is 11.3 Å². The van der Waals surface area contributed by atoms with E-state index in [0.717, 1.165) is 22.9 Å². The molecule has 0 saturated heterocycles. The summed E-state index contributed by atoms with van der Waals surface area (Å²) in [6.45, 7) is 0.611. The molecule has 0 aliphatic rings. The lowest BCUT2D eigenvalue weighted by atomic mass is 10.2. The van der Waals surface area contributed by atoms with Gasteiger partial charge in [0.1, 0.15) is 0 Å². The molecule has 2 rings (SSSR count). The SMILES string of the molecule is N#Cc1ccc(Nc2nc(CCN)cs2)cc1. The zero-order valence-corrected chi connectivity index (χ0v) is 10.00. The van der Waals surface area contributed by atoms with Gasteiger partial charge in [-0.2, -0.15) is 5.26 Å². The fourth-order valence-corrected chi connectivity index (χ4v) is 2.14. The maximum atomic E-state index is 8.69. The van der Waals surface area contributed by atoms with Gasteiger partial charge in [0, 0.05) is 17.5 Å². The van der Waals surface area contributed by atoms with Gasteiger partial charge in [-0.05, 0) is 30.8 Å². The van der Waals surface area contributed by atoms with Crippen molar-refractivity contribution in [1.82, 2.24) is 4.98 Å². The van der Waals surface area contributed by atoms with E-state index in [1.54, 1.807) is 23.5 Å². The van der Waals surface area contributed by atoms with Crippen LogP contribution in [0.15, 0.2) is 29.6 Å². The van der Waals surface area contributed by atoms with Crippen molar-refractivity contribution in [2.75, 3.05) is 11.9 Å². The van der Waals surface area contributed by atoms with Crippen LogP contribution in [0.25, 0.3) is 0 Å². The van der Waals surface area contributed by atoms with Crippen molar-refractivity contribution in [3.05, 3.63) is 40.9 Å². The average molecular weight is 244 g/mol. The highest BCUT2D eigenvalue weighted by atomic mass is 32.1. The zero-order chi connectivity index (χ0) is 12.1. The van der Waals surface area contributed by atoms with Gasteiger partial charge in [0.2, 0.25) is 0 Å². The highest BCUT2D eigenvalue weighted by Crippen LogP contribution is 2.21. The van der Waals surface area contributed by atoms with Crippen molar-refractivity contribution in [1.29, 1.82) is 5.26 Å². The Morgan fingerprint density at radius 2 is 2.12 bits per heavy atom. The van der Waals surface area contributed by atoms with Crippen molar-refractivity contribution >= 4 is 22.2 Å². The topological polar surface area (TPSA) is 74.7 Å². The Balaban J connectivity index is 2.06. The first-order chi connectivity index (χ1) is 8.31. The number of hydrogen-bond donors (Lipinski definition) is 2. The Kier molecular flexibility index (Phi) is 3.70. The molecule has 0 aliphatic heterocycles. The van der Waals surface area contributed by atoms with Crippen LogP contribution >= 0.6 is 11.3 Å². The fraction of sp³-hybridized carbons (Fsp3) is 0.167. The van der Waals surface area contributed by atoms with Crippen molar-refractivity contribution in [2.24, 2.45) is 5.73 Å². The van der Waals surface area contributed by atoms with Crippen molar-refractivity contribution < 1.29 is 0 Å². The maximum absolute atomic E-state index is 8.69. The van der Waals surface area contributed by atoms with Crippen molar-refractivity contribution in [3.8, 4) is 6.07 Å². The van der Waals surface area contributed by atoms with Crippen LogP contribution in [-0.2, 0) is 6.42 Å². The summed E-state index contributed by atoms with van der Waals surface area (Å²) in [5.41, 5.74) is 8.06. The second kappa shape index (κ2) is 5.43. The molecule has 0 saturated carbocycles. The molecule has 1 aromatic carbocycles. The summed E-state index contributed by atoms with van der Waals surface area (Å²) in [4.78, 5) is 4.40. The van der Waals surface area contributed by atoms with Crippen molar-refractivity contribution in [2.45, 2.75) is 6.42 Å². The number of nitrogens with two attached hydrogens (primary N) is 1. The van der Waals surface area contributed by atoms with E-state index < -0.39 is 0 Å². The smallest absolute Gasteiger partial charge is 0.187 e. The minimum Gasteiger partial charge on any atom is -0.332 e. The Bertz CT molecular complexity index is 524. The molecule has 17 heavy (non-hydrogen) atoms. The predicted molar refractivity (Wildman–Crippen MR) is 69.3 cm³/mol. The highest BCUT2D eigenvalue weighted by Gasteiger charge is 2.01. The quantitative estimate of drug-likeness (QED) is 0.865. The number of rotatable bonds is 4.